The Kier molecular flexibility index (Phi) is 3.07. The molecule has 0 radical (unpaired) electrons. The summed E-state index contributed by atoms with van der Waals surface area (Å²) in [5.41, 5.74) is 0.546. The molecule has 0 aromatic heterocycles. The second-order valence-corrected chi connectivity index (χ2v) is 1.43. The van der Waals surface area contributed by atoms with Crippen molar-refractivity contribution in [2.75, 3.05) is 0 Å². The van der Waals surface area contributed by atoms with Gasteiger partial charge in [-0.15, -0.1) is 0 Å². The lowest BCUT2D eigenvalue weighted by molar-refractivity contribution is 1.46. The molecule has 0 aromatic carbocycles. The van der Waals surface area contributed by atoms with Gasteiger partial charge in [-0.2, -0.15) is 5.26 Å². The quantitative estimate of drug-likeness (QED) is 0.437. The summed E-state index contributed by atoms with van der Waals surface area (Å²) in [5.74, 6) is 0. The highest BCUT2D eigenvalue weighted by Gasteiger charge is 1.94. The lowest BCUT2D eigenvalue weighted by atomic mass is 10.2. The van der Waals surface area contributed by atoms with Crippen LogP contribution in [0.2, 0.25) is 0 Å². The fraction of sp³-hybridized carbons (Fsp3) is 0.143. The molecule has 0 unspecified atom stereocenters. The number of nitrogens with one attached hydrogen (secondary N) is 1. The molecule has 0 saturated carbocycles. The Morgan fingerprint density at radius 2 is 2.33 bits per heavy atom. The lowest BCUT2D eigenvalue weighted by Gasteiger charge is -1.88. The number of rotatable bonds is 2. The minimum Gasteiger partial charge on any atom is -0.300 e. The number of nitrogens with zero attached hydrogens (tertiary/aromatic N) is 1. The van der Waals surface area contributed by atoms with E-state index in [0.717, 1.165) is 0 Å². The van der Waals surface area contributed by atoms with Crippen LogP contribution in [0.25, 0.3) is 0 Å². The molecule has 0 spiro atoms. The number of hydrogen-bond donors (Lipinski definition) is 1. The molecule has 0 rings (SSSR count). The second-order valence-electron chi connectivity index (χ2n) is 1.43. The van der Waals surface area contributed by atoms with Gasteiger partial charge < -0.3 is 0 Å². The zero-order valence-corrected chi connectivity index (χ0v) is 5.31. The predicted molar refractivity (Wildman–Crippen MR) is 37.3 cm³/mol. The summed E-state index contributed by atoms with van der Waals surface area (Å²) in [6.07, 6.45) is 2.93. The van der Waals surface area contributed by atoms with Gasteiger partial charge in [-0.1, -0.05) is 12.7 Å². The first kappa shape index (κ1) is 7.64. The zero-order valence-electron chi connectivity index (χ0n) is 5.31. The molecular formula is C7H8N2. The Hall–Kier alpha value is -1.36. The van der Waals surface area contributed by atoms with Crippen LogP contribution < -0.4 is 0 Å². The first-order valence-corrected chi connectivity index (χ1v) is 2.54. The fourth-order valence-corrected chi connectivity index (χ4v) is 0.390. The molecule has 0 aliphatic carbocycles. The maximum atomic E-state index is 8.32. The van der Waals surface area contributed by atoms with Crippen molar-refractivity contribution in [3.63, 3.8) is 0 Å². The van der Waals surface area contributed by atoms with Crippen LogP contribution in [-0.4, -0.2) is 5.71 Å². The molecule has 0 heterocycles. The van der Waals surface area contributed by atoms with Crippen LogP contribution in [0.1, 0.15) is 6.92 Å². The molecule has 0 bridgehead atoms. The van der Waals surface area contributed by atoms with Crippen LogP contribution in [0.4, 0.5) is 0 Å². The molecule has 0 aliphatic rings. The monoisotopic (exact) mass is 120 g/mol. The molecule has 9 heavy (non-hydrogen) atoms. The van der Waals surface area contributed by atoms with E-state index in [2.05, 4.69) is 6.58 Å². The molecular weight excluding hydrogens is 112 g/mol. The van der Waals surface area contributed by atoms with Crippen molar-refractivity contribution in [3.8, 4) is 6.07 Å². The lowest BCUT2D eigenvalue weighted by Crippen LogP contribution is -1.92. The van der Waals surface area contributed by atoms with Gasteiger partial charge in [0.2, 0.25) is 0 Å². The van der Waals surface area contributed by atoms with Crippen molar-refractivity contribution in [3.05, 3.63) is 24.3 Å². The molecule has 0 aromatic rings. The van der Waals surface area contributed by atoms with Crippen LogP contribution in [0.3, 0.4) is 0 Å². The second kappa shape index (κ2) is 3.62. The Balaban J connectivity index is 4.37. The van der Waals surface area contributed by atoms with Crippen LogP contribution >= 0.6 is 0 Å². The summed E-state index contributed by atoms with van der Waals surface area (Å²) in [6.45, 7) is 5.08. The molecule has 46 valence electrons. The normalized spacial score (nSPS) is 10.0. The smallest absolute Gasteiger partial charge is 0.101 e. The van der Waals surface area contributed by atoms with Crippen molar-refractivity contribution >= 4 is 5.71 Å². The third kappa shape index (κ3) is 1.92. The van der Waals surface area contributed by atoms with E-state index in [0.29, 0.717) is 5.57 Å². The van der Waals surface area contributed by atoms with Gasteiger partial charge in [0.05, 0.1) is 11.3 Å². The molecule has 2 nitrogen and oxygen atoms in total. The van der Waals surface area contributed by atoms with Gasteiger partial charge in [-0.3, -0.25) is 5.41 Å². The first-order valence-electron chi connectivity index (χ1n) is 2.54. The highest BCUT2D eigenvalue weighted by atomic mass is 14.4. The zero-order chi connectivity index (χ0) is 7.28. The van der Waals surface area contributed by atoms with Crippen molar-refractivity contribution < 1.29 is 0 Å². The van der Waals surface area contributed by atoms with Crippen LogP contribution in [-0.2, 0) is 0 Å². The van der Waals surface area contributed by atoms with Crippen LogP contribution in [0, 0.1) is 16.7 Å². The minimum atomic E-state index is 0.181. The van der Waals surface area contributed by atoms with Gasteiger partial charge in [-0.25, -0.2) is 0 Å². The van der Waals surface area contributed by atoms with E-state index in [9.17, 15) is 0 Å². The molecule has 1 N–H and O–H groups in total. The van der Waals surface area contributed by atoms with E-state index in [1.807, 2.05) is 6.07 Å². The average molecular weight is 120 g/mol. The van der Waals surface area contributed by atoms with Gasteiger partial charge in [0, 0.05) is 0 Å². The summed E-state index contributed by atoms with van der Waals surface area (Å²) in [6, 6.07) is 1.87. The maximum Gasteiger partial charge on any atom is 0.101 e. The van der Waals surface area contributed by atoms with Gasteiger partial charge in [0.15, 0.2) is 0 Å². The number of nitriles is 1. The van der Waals surface area contributed by atoms with Crippen molar-refractivity contribution in [2.24, 2.45) is 0 Å². The number of hydrogen-bond acceptors (Lipinski definition) is 2. The van der Waals surface area contributed by atoms with Gasteiger partial charge >= 0.3 is 0 Å². The third-order valence-corrected chi connectivity index (χ3v) is 0.903. The Labute approximate surface area is 54.6 Å². The summed E-state index contributed by atoms with van der Waals surface area (Å²) < 4.78 is 0. The Morgan fingerprint density at radius 1 is 1.78 bits per heavy atom. The maximum absolute atomic E-state index is 8.32. The Morgan fingerprint density at radius 3 is 2.44 bits per heavy atom. The SMILES string of the molecule is C=CC(=N)/C(C#N)=C\C. The van der Waals surface area contributed by atoms with Gasteiger partial charge in [-0.05, 0) is 13.0 Å². The highest BCUT2D eigenvalue weighted by molar-refractivity contribution is 6.08. The summed E-state index contributed by atoms with van der Waals surface area (Å²) >= 11 is 0. The first-order chi connectivity index (χ1) is 4.26. The largest absolute Gasteiger partial charge is 0.300 e. The summed E-state index contributed by atoms with van der Waals surface area (Å²) in [4.78, 5) is 0. The Bertz CT molecular complexity index is 193. The highest BCUT2D eigenvalue weighted by Crippen LogP contribution is 1.93. The molecule has 0 fully saturated rings. The van der Waals surface area contributed by atoms with Gasteiger partial charge in [0.1, 0.15) is 6.07 Å². The summed E-state index contributed by atoms with van der Waals surface area (Å²) in [5, 5.41) is 15.4. The van der Waals surface area contributed by atoms with Crippen LogP contribution in [0.5, 0.6) is 0 Å². The molecule has 2 heteroatoms. The average Bonchev–Trinajstić information content (AvgIpc) is 1.90. The molecule has 0 atom stereocenters. The van der Waals surface area contributed by atoms with Crippen molar-refractivity contribution in [1.29, 1.82) is 10.7 Å². The van der Waals surface area contributed by atoms with E-state index in [1.54, 1.807) is 13.0 Å². The third-order valence-electron chi connectivity index (χ3n) is 0.903. The van der Waals surface area contributed by atoms with E-state index >= 15 is 0 Å². The van der Waals surface area contributed by atoms with E-state index < -0.39 is 0 Å². The van der Waals surface area contributed by atoms with Crippen molar-refractivity contribution in [1.82, 2.24) is 0 Å². The van der Waals surface area contributed by atoms with Crippen LogP contribution in [0.15, 0.2) is 24.3 Å². The molecule has 0 amide bonds. The minimum absolute atomic E-state index is 0.181. The topological polar surface area (TPSA) is 47.6 Å². The fourth-order valence-electron chi connectivity index (χ4n) is 0.390. The standard InChI is InChI=1S/C7H8N2/c1-3-6(5-8)7(9)4-2/h3-4,9H,2H2,1H3/b6-3-,9-7?. The van der Waals surface area contributed by atoms with Gasteiger partial charge in [0.25, 0.3) is 0 Å². The molecule has 0 saturated heterocycles. The molecule has 0 aliphatic heterocycles. The summed E-state index contributed by atoms with van der Waals surface area (Å²) in [7, 11) is 0. The predicted octanol–water partition coefficient (Wildman–Crippen LogP) is 1.66. The van der Waals surface area contributed by atoms with E-state index in [-0.39, 0.29) is 5.71 Å². The van der Waals surface area contributed by atoms with Crippen molar-refractivity contribution in [2.45, 2.75) is 6.92 Å². The van der Waals surface area contributed by atoms with E-state index in [1.165, 1.54) is 6.08 Å². The number of allylic oxidation sites excluding steroid dienone is 3. The van der Waals surface area contributed by atoms with E-state index in [4.69, 9.17) is 10.7 Å².